The fourth-order valence-corrected chi connectivity index (χ4v) is 1.79. The van der Waals surface area contributed by atoms with Crippen LogP contribution < -0.4 is 0 Å². The van der Waals surface area contributed by atoms with E-state index in [1.54, 1.807) is 6.07 Å². The van der Waals surface area contributed by atoms with Crippen LogP contribution in [0.1, 0.15) is 34.6 Å². The number of nitriles is 1. The maximum Gasteiger partial charge on any atom is 0.304 e. The van der Waals surface area contributed by atoms with Gasteiger partial charge in [-0.2, -0.15) is 5.26 Å². The van der Waals surface area contributed by atoms with Gasteiger partial charge in [-0.05, 0) is 6.92 Å². The maximum atomic E-state index is 11.3. The number of ether oxygens (including phenoxy) is 4. The smallest absolute Gasteiger partial charge is 0.304 e. The molecule has 0 fully saturated rings. The molecule has 4 atom stereocenters. The lowest BCUT2D eigenvalue weighted by Crippen LogP contribution is -2.50. The molecule has 0 N–H and O–H groups in total. The Morgan fingerprint density at radius 3 is 1.48 bits per heavy atom. The number of hydrogen-bond acceptors (Lipinski definition) is 9. The number of hydrogen-bond donors (Lipinski definition) is 0. The van der Waals surface area contributed by atoms with E-state index in [9.17, 15) is 19.2 Å². The molecule has 0 aliphatic heterocycles. The molecular weight excluding hydrogens is 310 g/mol. The molecule has 23 heavy (non-hydrogen) atoms. The Labute approximate surface area is 133 Å². The summed E-state index contributed by atoms with van der Waals surface area (Å²) in [5.74, 6) is -3.02. The van der Waals surface area contributed by atoms with E-state index >= 15 is 0 Å². The van der Waals surface area contributed by atoms with Crippen LogP contribution in [0.4, 0.5) is 0 Å². The van der Waals surface area contributed by atoms with Crippen molar-refractivity contribution in [1.29, 1.82) is 5.26 Å². The van der Waals surface area contributed by atoms with Crippen molar-refractivity contribution < 1.29 is 38.1 Å². The Balaban J connectivity index is 5.63. The lowest BCUT2D eigenvalue weighted by Gasteiger charge is -2.31. The van der Waals surface area contributed by atoms with Crippen molar-refractivity contribution in [1.82, 2.24) is 0 Å². The topological polar surface area (TPSA) is 129 Å². The summed E-state index contributed by atoms with van der Waals surface area (Å²) in [6.07, 6.45) is -5.38. The first kappa shape index (κ1) is 20.4. The predicted octanol–water partition coefficient (Wildman–Crippen LogP) is 0.257. The van der Waals surface area contributed by atoms with Crippen LogP contribution in [0, 0.1) is 11.3 Å². The zero-order chi connectivity index (χ0) is 18.2. The van der Waals surface area contributed by atoms with Crippen molar-refractivity contribution >= 4 is 23.9 Å². The zero-order valence-electron chi connectivity index (χ0n) is 13.5. The van der Waals surface area contributed by atoms with Crippen LogP contribution in [0.3, 0.4) is 0 Å². The molecule has 0 aliphatic rings. The Kier molecular flexibility index (Phi) is 8.33. The van der Waals surface area contributed by atoms with Crippen molar-refractivity contribution in [3.8, 4) is 6.07 Å². The first-order chi connectivity index (χ1) is 10.6. The molecule has 0 bridgehead atoms. The first-order valence-corrected chi connectivity index (χ1v) is 6.67. The van der Waals surface area contributed by atoms with Gasteiger partial charge in [-0.15, -0.1) is 0 Å². The van der Waals surface area contributed by atoms with Crippen LogP contribution >= 0.6 is 0 Å². The van der Waals surface area contributed by atoms with Gasteiger partial charge in [0.25, 0.3) is 0 Å². The van der Waals surface area contributed by atoms with Crippen LogP contribution in [0.2, 0.25) is 0 Å². The summed E-state index contributed by atoms with van der Waals surface area (Å²) in [7, 11) is 0. The number of carbonyl (C=O) groups excluding carboxylic acids is 4. The number of carbonyl (C=O) groups is 4. The lowest BCUT2D eigenvalue weighted by molar-refractivity contribution is -0.192. The van der Waals surface area contributed by atoms with Crippen molar-refractivity contribution in [3.63, 3.8) is 0 Å². The van der Waals surface area contributed by atoms with Gasteiger partial charge in [-0.1, -0.05) is 0 Å². The van der Waals surface area contributed by atoms with E-state index in [1.807, 2.05) is 0 Å². The third kappa shape index (κ3) is 7.80. The lowest BCUT2D eigenvalue weighted by atomic mass is 10.0. The van der Waals surface area contributed by atoms with E-state index in [-0.39, 0.29) is 0 Å². The third-order valence-corrected chi connectivity index (χ3v) is 2.46. The number of nitrogens with zero attached hydrogens (tertiary/aromatic N) is 1. The largest absolute Gasteiger partial charge is 0.459 e. The standard InChI is InChI=1S/C14H19NO8/c1-7(20-8(2)16)13(22-10(4)18)14(23-11(5)19)12(6-15)21-9(3)17/h7,12-14H,1-5H3/t7-,12+,13+,14+/m1/s1. The average Bonchev–Trinajstić information content (AvgIpc) is 2.38. The monoisotopic (exact) mass is 329 g/mol. The van der Waals surface area contributed by atoms with Crippen molar-refractivity contribution in [2.75, 3.05) is 0 Å². The van der Waals surface area contributed by atoms with Gasteiger partial charge in [0.05, 0.1) is 0 Å². The summed E-state index contributed by atoms with van der Waals surface area (Å²) in [4.78, 5) is 44.7. The second-order valence-electron chi connectivity index (χ2n) is 4.62. The van der Waals surface area contributed by atoms with E-state index in [4.69, 9.17) is 24.2 Å². The molecule has 0 rings (SSSR count). The van der Waals surface area contributed by atoms with Crippen LogP contribution in [-0.2, 0) is 38.1 Å². The van der Waals surface area contributed by atoms with E-state index < -0.39 is 48.3 Å². The molecule has 0 aromatic carbocycles. The van der Waals surface area contributed by atoms with Gasteiger partial charge < -0.3 is 18.9 Å². The third-order valence-electron chi connectivity index (χ3n) is 2.46. The SMILES string of the molecule is CC(=O)O[C@H]([C@@H](OC(C)=O)[C@@H](C)OC(C)=O)[C@H](C#N)OC(C)=O. The molecule has 0 aliphatic carbocycles. The fraction of sp³-hybridized carbons (Fsp3) is 0.643. The van der Waals surface area contributed by atoms with Crippen LogP contribution in [0.5, 0.6) is 0 Å². The van der Waals surface area contributed by atoms with Gasteiger partial charge in [0.2, 0.25) is 6.10 Å². The van der Waals surface area contributed by atoms with E-state index in [2.05, 4.69) is 0 Å². The Bertz CT molecular complexity index is 509. The molecule has 0 amide bonds. The van der Waals surface area contributed by atoms with E-state index in [0.29, 0.717) is 0 Å². The molecule has 0 radical (unpaired) electrons. The van der Waals surface area contributed by atoms with Gasteiger partial charge >= 0.3 is 23.9 Å². The first-order valence-electron chi connectivity index (χ1n) is 6.67. The highest BCUT2D eigenvalue weighted by Gasteiger charge is 2.41. The molecule has 128 valence electrons. The normalized spacial score (nSPS) is 15.1. The summed E-state index contributed by atoms with van der Waals surface area (Å²) in [6, 6.07) is 1.65. The molecule has 0 spiro atoms. The summed E-state index contributed by atoms with van der Waals surface area (Å²) < 4.78 is 19.7. The molecule has 0 aromatic heterocycles. The van der Waals surface area contributed by atoms with Gasteiger partial charge in [0, 0.05) is 27.7 Å². The summed E-state index contributed by atoms with van der Waals surface area (Å²) in [5, 5.41) is 9.14. The fourth-order valence-electron chi connectivity index (χ4n) is 1.79. The predicted molar refractivity (Wildman–Crippen MR) is 73.5 cm³/mol. The highest BCUT2D eigenvalue weighted by Crippen LogP contribution is 2.18. The van der Waals surface area contributed by atoms with Crippen LogP contribution in [0.25, 0.3) is 0 Å². The Morgan fingerprint density at radius 1 is 0.739 bits per heavy atom. The minimum absolute atomic E-state index is 0.669. The maximum absolute atomic E-state index is 11.3. The minimum Gasteiger partial charge on any atom is -0.459 e. The Hall–Kier alpha value is -2.63. The summed E-state index contributed by atoms with van der Waals surface area (Å²) in [5.41, 5.74) is 0. The van der Waals surface area contributed by atoms with E-state index in [0.717, 1.165) is 27.7 Å². The summed E-state index contributed by atoms with van der Waals surface area (Å²) >= 11 is 0. The molecule has 9 heteroatoms. The van der Waals surface area contributed by atoms with Crippen molar-refractivity contribution in [2.24, 2.45) is 0 Å². The zero-order valence-corrected chi connectivity index (χ0v) is 13.5. The highest BCUT2D eigenvalue weighted by molar-refractivity contribution is 5.69. The molecule has 0 aromatic rings. The molecule has 0 saturated heterocycles. The number of esters is 4. The van der Waals surface area contributed by atoms with Gasteiger partial charge in [-0.3, -0.25) is 19.2 Å². The van der Waals surface area contributed by atoms with Crippen molar-refractivity contribution in [3.05, 3.63) is 0 Å². The second-order valence-corrected chi connectivity index (χ2v) is 4.62. The minimum atomic E-state index is -1.54. The highest BCUT2D eigenvalue weighted by atomic mass is 16.6. The molecule has 0 unspecified atom stereocenters. The summed E-state index contributed by atoms with van der Waals surface area (Å²) in [6.45, 7) is 5.73. The number of rotatable bonds is 7. The average molecular weight is 329 g/mol. The van der Waals surface area contributed by atoms with Gasteiger partial charge in [0.1, 0.15) is 12.2 Å². The molecular formula is C14H19NO8. The van der Waals surface area contributed by atoms with Crippen LogP contribution in [0.15, 0.2) is 0 Å². The van der Waals surface area contributed by atoms with Crippen LogP contribution in [-0.4, -0.2) is 48.3 Å². The Morgan fingerprint density at radius 2 is 1.13 bits per heavy atom. The van der Waals surface area contributed by atoms with Gasteiger partial charge in [0.15, 0.2) is 12.2 Å². The van der Waals surface area contributed by atoms with Gasteiger partial charge in [-0.25, -0.2) is 0 Å². The quantitative estimate of drug-likeness (QED) is 0.476. The molecule has 0 heterocycles. The second kappa shape index (κ2) is 9.40. The molecule has 9 nitrogen and oxygen atoms in total. The van der Waals surface area contributed by atoms with E-state index in [1.165, 1.54) is 6.92 Å². The molecule has 0 saturated carbocycles. The van der Waals surface area contributed by atoms with Crippen molar-refractivity contribution in [2.45, 2.75) is 59.0 Å².